The highest BCUT2D eigenvalue weighted by Gasteiger charge is 1.96. The molecule has 0 aromatic heterocycles. The van der Waals surface area contributed by atoms with E-state index in [-0.39, 0.29) is 0 Å². The minimum absolute atomic E-state index is 0.955. The smallest absolute Gasteiger partial charge is 0.0466 e. The molecule has 0 aliphatic rings. The maximum Gasteiger partial charge on any atom is 0.0466 e. The van der Waals surface area contributed by atoms with Crippen LogP contribution in [0.25, 0.3) is 0 Å². The van der Waals surface area contributed by atoms with Gasteiger partial charge in [-0.2, -0.15) is 0 Å². The van der Waals surface area contributed by atoms with Gasteiger partial charge in [0.25, 0.3) is 0 Å². The van der Waals surface area contributed by atoms with Crippen molar-refractivity contribution in [2.45, 2.75) is 168 Å². The Morgan fingerprint density at radius 2 is 0.438 bits per heavy atom. The monoisotopic (exact) mass is 454 g/mol. The zero-order chi connectivity index (χ0) is 23.2. The molecule has 0 aromatic rings. The van der Waals surface area contributed by atoms with Crippen LogP contribution < -0.4 is 0 Å². The molecule has 0 amide bonds. The molecule has 0 heterocycles. The van der Waals surface area contributed by atoms with Crippen LogP contribution in [0.3, 0.4) is 0 Å². The summed E-state index contributed by atoms with van der Waals surface area (Å²) >= 11 is 0. The van der Waals surface area contributed by atoms with E-state index in [4.69, 9.17) is 9.47 Å². The van der Waals surface area contributed by atoms with Gasteiger partial charge in [-0.3, -0.25) is 0 Å². The molecule has 0 N–H and O–H groups in total. The van der Waals surface area contributed by atoms with Crippen LogP contribution in [-0.4, -0.2) is 26.4 Å². The number of unbranched alkanes of at least 4 members (excludes halogenated alkanes) is 21. The standard InChI is InChI=1S/C30H62O2/c1-3-5-7-9-11-13-15-17-19-23-27-31-29-25-21-22-26-30-32-28-24-20-18-16-14-12-10-8-6-4-2/h3-30H2,1-2H3. The Bertz CT molecular complexity index is 275. The Labute approximate surface area is 204 Å². The zero-order valence-corrected chi connectivity index (χ0v) is 22.6. The third kappa shape index (κ3) is 29.9. The lowest BCUT2D eigenvalue weighted by Gasteiger charge is -2.06. The Balaban J connectivity index is 2.98. The van der Waals surface area contributed by atoms with Gasteiger partial charge in [0, 0.05) is 26.4 Å². The summed E-state index contributed by atoms with van der Waals surface area (Å²) in [6.07, 6.45) is 33.0. The summed E-state index contributed by atoms with van der Waals surface area (Å²) in [5.41, 5.74) is 0. The lowest BCUT2D eigenvalue weighted by molar-refractivity contribution is 0.117. The maximum atomic E-state index is 5.80. The Morgan fingerprint density at radius 1 is 0.250 bits per heavy atom. The molecule has 0 atom stereocenters. The number of hydrogen-bond acceptors (Lipinski definition) is 2. The summed E-state index contributed by atoms with van der Waals surface area (Å²) in [4.78, 5) is 0. The average Bonchev–Trinajstić information content (AvgIpc) is 2.81. The second kappa shape index (κ2) is 30.9. The lowest BCUT2D eigenvalue weighted by atomic mass is 10.1. The van der Waals surface area contributed by atoms with Gasteiger partial charge in [-0.15, -0.1) is 0 Å². The van der Waals surface area contributed by atoms with Crippen molar-refractivity contribution >= 4 is 0 Å². The van der Waals surface area contributed by atoms with E-state index in [1.807, 2.05) is 0 Å². The second-order valence-electron chi connectivity index (χ2n) is 10.0. The Hall–Kier alpha value is -0.0800. The highest BCUT2D eigenvalue weighted by molar-refractivity contribution is 4.49. The third-order valence-electron chi connectivity index (χ3n) is 6.61. The highest BCUT2D eigenvalue weighted by Crippen LogP contribution is 2.12. The first-order valence-electron chi connectivity index (χ1n) is 15.1. The molecule has 0 unspecified atom stereocenters. The van der Waals surface area contributed by atoms with Gasteiger partial charge in [0.15, 0.2) is 0 Å². The van der Waals surface area contributed by atoms with Crippen molar-refractivity contribution in [1.82, 2.24) is 0 Å². The van der Waals surface area contributed by atoms with Crippen LogP contribution in [0.1, 0.15) is 168 Å². The maximum absolute atomic E-state index is 5.80. The van der Waals surface area contributed by atoms with E-state index in [9.17, 15) is 0 Å². The van der Waals surface area contributed by atoms with Crippen LogP contribution in [0.4, 0.5) is 0 Å². The number of hydrogen-bond donors (Lipinski definition) is 0. The molecule has 2 heteroatoms. The Morgan fingerprint density at radius 3 is 0.656 bits per heavy atom. The summed E-state index contributed by atoms with van der Waals surface area (Å²) in [5.74, 6) is 0. The lowest BCUT2D eigenvalue weighted by Crippen LogP contribution is -1.99. The van der Waals surface area contributed by atoms with Crippen molar-refractivity contribution in [2.24, 2.45) is 0 Å². The molecule has 0 saturated carbocycles. The Kier molecular flexibility index (Phi) is 30.8. The van der Waals surface area contributed by atoms with E-state index in [1.54, 1.807) is 0 Å². The fraction of sp³-hybridized carbons (Fsp3) is 1.00. The molecule has 194 valence electrons. The predicted molar refractivity (Wildman–Crippen MR) is 144 cm³/mol. The van der Waals surface area contributed by atoms with Gasteiger partial charge in [0.05, 0.1) is 0 Å². The second-order valence-corrected chi connectivity index (χ2v) is 10.0. The van der Waals surface area contributed by atoms with Gasteiger partial charge in [0.2, 0.25) is 0 Å². The summed E-state index contributed by atoms with van der Waals surface area (Å²) in [7, 11) is 0. The van der Waals surface area contributed by atoms with Crippen molar-refractivity contribution in [3.63, 3.8) is 0 Å². The first kappa shape index (κ1) is 31.9. The topological polar surface area (TPSA) is 18.5 Å². The van der Waals surface area contributed by atoms with Crippen LogP contribution in [0.2, 0.25) is 0 Å². The highest BCUT2D eigenvalue weighted by atomic mass is 16.5. The van der Waals surface area contributed by atoms with Gasteiger partial charge in [-0.1, -0.05) is 142 Å². The molecular weight excluding hydrogens is 392 g/mol. The van der Waals surface area contributed by atoms with Crippen molar-refractivity contribution < 1.29 is 9.47 Å². The SMILES string of the molecule is CCCCCCCCCCCCOCCCCCCOCCCCCCCCCCCC. The van der Waals surface area contributed by atoms with Gasteiger partial charge in [-0.25, -0.2) is 0 Å². The van der Waals surface area contributed by atoms with Gasteiger partial charge in [-0.05, 0) is 25.7 Å². The fourth-order valence-electron chi connectivity index (χ4n) is 4.35. The summed E-state index contributed by atoms with van der Waals surface area (Å²) in [6, 6.07) is 0. The van der Waals surface area contributed by atoms with Crippen LogP contribution in [0.15, 0.2) is 0 Å². The van der Waals surface area contributed by atoms with Gasteiger partial charge < -0.3 is 9.47 Å². The van der Waals surface area contributed by atoms with Gasteiger partial charge in [0.1, 0.15) is 0 Å². The van der Waals surface area contributed by atoms with E-state index in [2.05, 4.69) is 13.8 Å². The molecule has 32 heavy (non-hydrogen) atoms. The fourth-order valence-corrected chi connectivity index (χ4v) is 4.35. The molecule has 0 aromatic carbocycles. The molecule has 0 radical (unpaired) electrons. The first-order valence-corrected chi connectivity index (χ1v) is 15.1. The largest absolute Gasteiger partial charge is 0.381 e. The van der Waals surface area contributed by atoms with Crippen molar-refractivity contribution in [1.29, 1.82) is 0 Å². The molecule has 0 rings (SSSR count). The third-order valence-corrected chi connectivity index (χ3v) is 6.61. The van der Waals surface area contributed by atoms with Crippen LogP contribution >= 0.6 is 0 Å². The predicted octanol–water partition coefficient (Wildman–Crippen LogP) is 10.4. The average molecular weight is 455 g/mol. The zero-order valence-electron chi connectivity index (χ0n) is 22.6. The van der Waals surface area contributed by atoms with Crippen LogP contribution in [0, 0.1) is 0 Å². The van der Waals surface area contributed by atoms with Crippen LogP contribution in [-0.2, 0) is 9.47 Å². The molecule has 2 nitrogen and oxygen atoms in total. The molecule has 0 bridgehead atoms. The van der Waals surface area contributed by atoms with E-state index >= 15 is 0 Å². The summed E-state index contributed by atoms with van der Waals surface area (Å²) in [6.45, 7) is 8.43. The normalized spacial score (nSPS) is 11.4. The van der Waals surface area contributed by atoms with Crippen molar-refractivity contribution in [3.8, 4) is 0 Å². The minimum Gasteiger partial charge on any atom is -0.381 e. The number of ether oxygens (including phenoxy) is 2. The minimum atomic E-state index is 0.955. The van der Waals surface area contributed by atoms with Crippen LogP contribution in [0.5, 0.6) is 0 Å². The van der Waals surface area contributed by atoms with E-state index < -0.39 is 0 Å². The molecule has 0 spiro atoms. The van der Waals surface area contributed by atoms with E-state index in [1.165, 1.54) is 154 Å². The molecular formula is C30H62O2. The summed E-state index contributed by atoms with van der Waals surface area (Å²) < 4.78 is 11.6. The van der Waals surface area contributed by atoms with E-state index in [0.717, 1.165) is 26.4 Å². The number of rotatable bonds is 29. The molecule has 0 fully saturated rings. The van der Waals surface area contributed by atoms with Crippen molar-refractivity contribution in [2.75, 3.05) is 26.4 Å². The summed E-state index contributed by atoms with van der Waals surface area (Å²) in [5, 5.41) is 0. The first-order chi connectivity index (χ1) is 15.9. The molecule has 0 saturated heterocycles. The molecule has 0 aliphatic carbocycles. The van der Waals surface area contributed by atoms with Crippen molar-refractivity contribution in [3.05, 3.63) is 0 Å². The molecule has 0 aliphatic heterocycles. The van der Waals surface area contributed by atoms with Gasteiger partial charge >= 0.3 is 0 Å². The van der Waals surface area contributed by atoms with E-state index in [0.29, 0.717) is 0 Å². The quantitative estimate of drug-likeness (QED) is 0.105.